The molecule has 2 amide bonds. The molecular formula is C24H29F2N5O9. The number of carboxylic acid groups (broad SMARTS) is 1. The number of anilines is 1. The van der Waals surface area contributed by atoms with E-state index < -0.39 is 78.8 Å². The van der Waals surface area contributed by atoms with Crippen LogP contribution in [0.2, 0.25) is 0 Å². The number of amides is 2. The SMILES string of the molecule is C#CCCCCCC(=O)NC(CN=[N+]=[N-])C(=O)Nc1ccc(OC2OC(C(=O)O)C(O)C(O)C2O)c(C(F)F)c1. The van der Waals surface area contributed by atoms with E-state index in [4.69, 9.17) is 26.5 Å². The number of aliphatic hydroxyl groups excluding tert-OH is 3. The minimum Gasteiger partial charge on any atom is -0.479 e. The Labute approximate surface area is 226 Å². The molecule has 6 N–H and O–H groups in total. The minimum atomic E-state index is -3.19. The van der Waals surface area contributed by atoms with Crippen LogP contribution in [0.5, 0.6) is 5.75 Å². The lowest BCUT2D eigenvalue weighted by Crippen LogP contribution is -2.61. The second kappa shape index (κ2) is 15.6. The molecule has 0 spiro atoms. The van der Waals surface area contributed by atoms with Gasteiger partial charge >= 0.3 is 5.97 Å². The molecule has 0 radical (unpaired) electrons. The van der Waals surface area contributed by atoms with E-state index in [-0.39, 0.29) is 12.1 Å². The molecule has 1 aliphatic heterocycles. The highest BCUT2D eigenvalue weighted by atomic mass is 19.3. The van der Waals surface area contributed by atoms with Crippen molar-refractivity contribution in [1.82, 2.24) is 5.32 Å². The number of nitrogens with one attached hydrogen (secondary N) is 2. The van der Waals surface area contributed by atoms with Gasteiger partial charge in [0.1, 0.15) is 30.1 Å². The van der Waals surface area contributed by atoms with Crippen molar-refractivity contribution in [3.63, 3.8) is 0 Å². The number of rotatable bonds is 14. The summed E-state index contributed by atoms with van der Waals surface area (Å²) in [5.41, 5.74) is 7.65. The number of aliphatic hydroxyl groups is 3. The van der Waals surface area contributed by atoms with Gasteiger partial charge in [-0.05, 0) is 36.6 Å². The van der Waals surface area contributed by atoms with Gasteiger partial charge in [-0.1, -0.05) is 11.5 Å². The molecule has 40 heavy (non-hydrogen) atoms. The smallest absolute Gasteiger partial charge is 0.335 e. The predicted octanol–water partition coefficient (Wildman–Crippen LogP) is 1.21. The molecule has 16 heteroatoms. The van der Waals surface area contributed by atoms with Gasteiger partial charge < -0.3 is 40.5 Å². The van der Waals surface area contributed by atoms with Gasteiger partial charge in [0.15, 0.2) is 6.10 Å². The number of carbonyl (C=O) groups is 3. The molecule has 1 aromatic carbocycles. The molecule has 6 atom stereocenters. The topological polar surface area (TPSA) is 223 Å². The first-order valence-electron chi connectivity index (χ1n) is 12.1. The van der Waals surface area contributed by atoms with Crippen LogP contribution in [-0.2, 0) is 19.1 Å². The second-order valence-corrected chi connectivity index (χ2v) is 8.69. The van der Waals surface area contributed by atoms with Crippen LogP contribution in [-0.4, -0.2) is 81.5 Å². The Morgan fingerprint density at radius 2 is 1.90 bits per heavy atom. The van der Waals surface area contributed by atoms with Crippen LogP contribution in [0.4, 0.5) is 14.5 Å². The standard InChI is InChI=1S/C24H29F2N5O9/c1-2-3-4-5-6-7-16(32)30-14(11-28-31-27)22(36)29-12-8-9-15(13(10-12)21(25)26)39-24-19(35)17(33)18(34)20(40-24)23(37)38/h1,8-10,14,17-21,24,33-35H,3-7,11H2,(H,29,36)(H,30,32)(H,37,38). The molecular weight excluding hydrogens is 540 g/mol. The van der Waals surface area contributed by atoms with Crippen molar-refractivity contribution in [2.75, 3.05) is 11.9 Å². The van der Waals surface area contributed by atoms with E-state index in [0.29, 0.717) is 19.3 Å². The molecule has 0 aliphatic carbocycles. The highest BCUT2D eigenvalue weighted by molar-refractivity contribution is 5.97. The van der Waals surface area contributed by atoms with E-state index in [1.54, 1.807) is 0 Å². The lowest BCUT2D eigenvalue weighted by Gasteiger charge is -2.38. The van der Waals surface area contributed by atoms with Gasteiger partial charge in [-0.2, -0.15) is 0 Å². The number of benzene rings is 1. The number of carboxylic acids is 1. The second-order valence-electron chi connectivity index (χ2n) is 8.69. The van der Waals surface area contributed by atoms with Crippen LogP contribution >= 0.6 is 0 Å². The molecule has 1 aliphatic rings. The van der Waals surface area contributed by atoms with Crippen molar-refractivity contribution in [1.29, 1.82) is 0 Å². The molecule has 1 heterocycles. The third-order valence-corrected chi connectivity index (χ3v) is 5.77. The Kier molecular flexibility index (Phi) is 12.5. The Morgan fingerprint density at radius 3 is 2.52 bits per heavy atom. The van der Waals surface area contributed by atoms with Crippen LogP contribution < -0.4 is 15.4 Å². The van der Waals surface area contributed by atoms with Crippen LogP contribution in [0.25, 0.3) is 10.4 Å². The summed E-state index contributed by atoms with van der Waals surface area (Å²) in [5, 5.41) is 46.9. The zero-order valence-electron chi connectivity index (χ0n) is 21.0. The van der Waals surface area contributed by atoms with E-state index in [1.807, 2.05) is 0 Å². The number of hydrogen-bond acceptors (Lipinski definition) is 9. The monoisotopic (exact) mass is 569 g/mol. The van der Waals surface area contributed by atoms with Crippen molar-refractivity contribution < 1.29 is 53.1 Å². The largest absolute Gasteiger partial charge is 0.479 e. The number of terminal acetylenes is 1. The molecule has 6 unspecified atom stereocenters. The van der Waals surface area contributed by atoms with E-state index in [9.17, 15) is 38.5 Å². The van der Waals surface area contributed by atoms with Gasteiger partial charge in [0.05, 0.1) is 12.1 Å². The summed E-state index contributed by atoms with van der Waals surface area (Å²) < 4.78 is 37.8. The number of azide groups is 1. The van der Waals surface area contributed by atoms with Crippen LogP contribution in [0.15, 0.2) is 23.3 Å². The maximum Gasteiger partial charge on any atom is 0.335 e. The summed E-state index contributed by atoms with van der Waals surface area (Å²) in [4.78, 5) is 38.8. The first kappa shape index (κ1) is 32.2. The summed E-state index contributed by atoms with van der Waals surface area (Å²) >= 11 is 0. The Hall–Kier alpha value is -4.00. The number of unbranched alkanes of at least 4 members (excludes halogenated alkanes) is 3. The van der Waals surface area contributed by atoms with Crippen molar-refractivity contribution in [3.05, 3.63) is 34.2 Å². The number of aliphatic carboxylic acids is 1. The molecule has 14 nitrogen and oxygen atoms in total. The quantitative estimate of drug-likeness (QED) is 0.0622. The molecule has 0 saturated carbocycles. The minimum absolute atomic E-state index is 0.0791. The number of halogens is 2. The molecule has 218 valence electrons. The molecule has 2 rings (SSSR count). The van der Waals surface area contributed by atoms with Gasteiger partial charge in [0, 0.05) is 23.4 Å². The fourth-order valence-electron chi connectivity index (χ4n) is 3.68. The predicted molar refractivity (Wildman–Crippen MR) is 133 cm³/mol. The number of ether oxygens (including phenoxy) is 2. The Bertz CT molecular complexity index is 1140. The summed E-state index contributed by atoms with van der Waals surface area (Å²) in [5.74, 6) is -1.15. The maximum atomic E-state index is 13.8. The summed E-state index contributed by atoms with van der Waals surface area (Å²) in [6, 6.07) is 1.61. The average Bonchev–Trinajstić information content (AvgIpc) is 2.91. The lowest BCUT2D eigenvalue weighted by molar-refractivity contribution is -0.271. The molecule has 1 fully saturated rings. The fraction of sp³-hybridized carbons (Fsp3) is 0.542. The first-order valence-corrected chi connectivity index (χ1v) is 12.1. The van der Waals surface area contributed by atoms with Crippen molar-refractivity contribution in [3.8, 4) is 18.1 Å². The zero-order valence-corrected chi connectivity index (χ0v) is 21.0. The summed E-state index contributed by atoms with van der Waals surface area (Å²) in [6.07, 6.45) is -5.41. The molecule has 1 aromatic rings. The number of carbonyl (C=O) groups excluding carboxylic acids is 2. The van der Waals surface area contributed by atoms with Crippen LogP contribution in [0.3, 0.4) is 0 Å². The molecule has 0 bridgehead atoms. The average molecular weight is 570 g/mol. The van der Waals surface area contributed by atoms with Crippen LogP contribution in [0.1, 0.15) is 44.1 Å². The van der Waals surface area contributed by atoms with Crippen molar-refractivity contribution >= 4 is 23.5 Å². The van der Waals surface area contributed by atoms with E-state index in [0.717, 1.165) is 24.6 Å². The maximum absolute atomic E-state index is 13.8. The molecule has 1 saturated heterocycles. The van der Waals surface area contributed by atoms with E-state index in [1.165, 1.54) is 0 Å². The Morgan fingerprint density at radius 1 is 1.18 bits per heavy atom. The van der Waals surface area contributed by atoms with E-state index in [2.05, 4.69) is 26.6 Å². The fourth-order valence-corrected chi connectivity index (χ4v) is 3.68. The van der Waals surface area contributed by atoms with Gasteiger partial charge in [0.25, 0.3) is 6.43 Å². The van der Waals surface area contributed by atoms with Gasteiger partial charge in [-0.3, -0.25) is 9.59 Å². The molecule has 0 aromatic heterocycles. The van der Waals surface area contributed by atoms with Gasteiger partial charge in [-0.25, -0.2) is 13.6 Å². The zero-order chi connectivity index (χ0) is 29.8. The van der Waals surface area contributed by atoms with Crippen molar-refractivity contribution in [2.24, 2.45) is 5.11 Å². The third kappa shape index (κ3) is 9.04. The van der Waals surface area contributed by atoms with Crippen molar-refractivity contribution in [2.45, 2.75) is 75.3 Å². The highest BCUT2D eigenvalue weighted by Gasteiger charge is 2.48. The van der Waals surface area contributed by atoms with Gasteiger partial charge in [0.2, 0.25) is 18.1 Å². The van der Waals surface area contributed by atoms with Gasteiger partial charge in [-0.15, -0.1) is 12.3 Å². The lowest BCUT2D eigenvalue weighted by atomic mass is 9.99. The van der Waals surface area contributed by atoms with Crippen LogP contribution in [0, 0.1) is 12.3 Å². The number of alkyl halides is 2. The normalized spacial score (nSPS) is 22.9. The highest BCUT2D eigenvalue weighted by Crippen LogP contribution is 2.34. The summed E-state index contributed by atoms with van der Waals surface area (Å²) in [6.45, 7) is -0.454. The Balaban J connectivity index is 2.14. The number of hydrogen-bond donors (Lipinski definition) is 6. The first-order chi connectivity index (χ1) is 19.0. The number of nitrogens with zero attached hydrogens (tertiary/aromatic N) is 3. The summed E-state index contributed by atoms with van der Waals surface area (Å²) in [7, 11) is 0. The van der Waals surface area contributed by atoms with E-state index >= 15 is 0 Å². The third-order valence-electron chi connectivity index (χ3n) is 5.77.